The third-order valence-electron chi connectivity index (χ3n) is 8.99. The Labute approximate surface area is 223 Å². The van der Waals surface area contributed by atoms with Gasteiger partial charge in [-0.15, -0.1) is 0 Å². The Morgan fingerprint density at radius 1 is 0.947 bits per heavy atom. The third-order valence-corrected chi connectivity index (χ3v) is 8.99. The maximum Gasteiger partial charge on any atom is 0.247 e. The van der Waals surface area contributed by atoms with Crippen LogP contribution in [0.4, 0.5) is 4.39 Å². The lowest BCUT2D eigenvalue weighted by atomic mass is 9.65. The molecule has 38 heavy (non-hydrogen) atoms. The largest absolute Gasteiger partial charge is 0.356 e. The first-order chi connectivity index (χ1) is 18.4. The van der Waals surface area contributed by atoms with Crippen LogP contribution in [0, 0.1) is 5.82 Å². The Hall–Kier alpha value is -3.70. The Balaban J connectivity index is 1.43. The number of hydrogen-bond donors (Lipinski definition) is 1. The first-order valence-corrected chi connectivity index (χ1v) is 13.5. The van der Waals surface area contributed by atoms with Gasteiger partial charge in [-0.05, 0) is 87.2 Å². The molecule has 1 N–H and O–H groups in total. The van der Waals surface area contributed by atoms with Crippen molar-refractivity contribution < 1.29 is 9.18 Å². The molecule has 2 heterocycles. The average Bonchev–Trinajstić information content (AvgIpc) is 3.32. The molecule has 1 aliphatic carbocycles. The number of halogens is 1. The highest BCUT2D eigenvalue weighted by Crippen LogP contribution is 2.53. The molecule has 194 valence electrons. The quantitative estimate of drug-likeness (QED) is 0.315. The van der Waals surface area contributed by atoms with Crippen LogP contribution in [0.15, 0.2) is 84.9 Å². The van der Waals surface area contributed by atoms with Gasteiger partial charge in [0.1, 0.15) is 5.82 Å². The molecule has 0 atom stereocenters. The van der Waals surface area contributed by atoms with Crippen molar-refractivity contribution in [2.24, 2.45) is 0 Å². The Morgan fingerprint density at radius 3 is 2.32 bits per heavy atom. The summed E-state index contributed by atoms with van der Waals surface area (Å²) in [5.74, 6) is -0.196. The summed E-state index contributed by atoms with van der Waals surface area (Å²) in [5.41, 5.74) is 4.95. The third kappa shape index (κ3) is 3.97. The molecular weight excluding hydrogens is 473 g/mol. The molecule has 4 nitrogen and oxygen atoms in total. The normalized spacial score (nSPS) is 23.4. The molecule has 0 unspecified atom stereocenters. The number of amides is 1. The highest BCUT2D eigenvalue weighted by Gasteiger charge is 2.52. The minimum Gasteiger partial charge on any atom is -0.356 e. The number of aromatic amines is 1. The van der Waals surface area contributed by atoms with Crippen LogP contribution in [-0.4, -0.2) is 41.3 Å². The Morgan fingerprint density at radius 2 is 1.63 bits per heavy atom. The summed E-state index contributed by atoms with van der Waals surface area (Å²) in [5, 5.41) is 0.943. The van der Waals surface area contributed by atoms with E-state index in [2.05, 4.69) is 59.2 Å². The summed E-state index contributed by atoms with van der Waals surface area (Å²) in [4.78, 5) is 21.9. The number of nitrogens with zero attached hydrogens (tertiary/aromatic N) is 2. The topological polar surface area (TPSA) is 39.3 Å². The summed E-state index contributed by atoms with van der Waals surface area (Å²) in [6.07, 6.45) is 7.82. The predicted octanol–water partition coefficient (Wildman–Crippen LogP) is 6.63. The van der Waals surface area contributed by atoms with E-state index >= 15 is 0 Å². The molecule has 1 fully saturated rings. The molecule has 1 amide bonds. The van der Waals surface area contributed by atoms with Crippen molar-refractivity contribution in [3.63, 3.8) is 0 Å². The number of benzene rings is 3. The smallest absolute Gasteiger partial charge is 0.247 e. The van der Waals surface area contributed by atoms with Crippen LogP contribution < -0.4 is 0 Å². The van der Waals surface area contributed by atoms with Crippen LogP contribution in [-0.2, 0) is 22.3 Å². The number of carbonyl (C=O) groups is 1. The minimum atomic E-state index is -0.463. The van der Waals surface area contributed by atoms with Crippen LogP contribution in [0.1, 0.15) is 48.1 Å². The molecular formula is C33H34FN3O. The van der Waals surface area contributed by atoms with Crippen LogP contribution in [0.3, 0.4) is 0 Å². The molecule has 1 aliphatic heterocycles. The van der Waals surface area contributed by atoms with E-state index in [-0.39, 0.29) is 17.3 Å². The molecule has 4 aromatic rings. The number of fused-ring (bicyclic) bond motifs is 4. The van der Waals surface area contributed by atoms with Crippen LogP contribution in [0.2, 0.25) is 0 Å². The summed E-state index contributed by atoms with van der Waals surface area (Å²) in [7, 11) is 4.32. The summed E-state index contributed by atoms with van der Waals surface area (Å²) >= 11 is 0. The van der Waals surface area contributed by atoms with Gasteiger partial charge in [0.2, 0.25) is 5.91 Å². The van der Waals surface area contributed by atoms with E-state index in [0.29, 0.717) is 13.0 Å². The van der Waals surface area contributed by atoms with Crippen molar-refractivity contribution >= 4 is 22.9 Å². The van der Waals surface area contributed by atoms with Gasteiger partial charge in [-0.1, -0.05) is 60.7 Å². The lowest BCUT2D eigenvalue weighted by Gasteiger charge is -2.55. The second-order valence-corrected chi connectivity index (χ2v) is 11.0. The summed E-state index contributed by atoms with van der Waals surface area (Å²) < 4.78 is 14.3. The van der Waals surface area contributed by atoms with Crippen molar-refractivity contribution in [1.29, 1.82) is 0 Å². The standard InChI is InChI=1S/C33H34FN3O/c1-36(2)32(25-11-7-4-8-12-25)18-20-33(21-19-32)31-27(28-23-26(34)14-15-29(28)35-31)17-22-37(33)30(38)16-13-24-9-5-3-6-10-24/h3-16,23,35H,17-22H2,1-2H3/b16-13+. The van der Waals surface area contributed by atoms with Crippen molar-refractivity contribution in [2.45, 2.75) is 43.2 Å². The summed E-state index contributed by atoms with van der Waals surface area (Å²) in [6, 6.07) is 25.7. The van der Waals surface area contributed by atoms with Crippen LogP contribution >= 0.6 is 0 Å². The molecule has 0 bridgehead atoms. The molecule has 2 aliphatic rings. The first-order valence-electron chi connectivity index (χ1n) is 13.5. The molecule has 1 aromatic heterocycles. The maximum absolute atomic E-state index is 14.3. The number of rotatable bonds is 4. The van der Waals surface area contributed by atoms with E-state index in [4.69, 9.17) is 0 Å². The Kier molecular flexibility index (Phi) is 6.19. The van der Waals surface area contributed by atoms with Gasteiger partial charge >= 0.3 is 0 Å². The predicted molar refractivity (Wildman–Crippen MR) is 151 cm³/mol. The van der Waals surface area contributed by atoms with E-state index in [1.54, 1.807) is 12.1 Å². The van der Waals surface area contributed by atoms with E-state index in [1.165, 1.54) is 11.6 Å². The van der Waals surface area contributed by atoms with Gasteiger partial charge in [0.05, 0.1) is 5.54 Å². The summed E-state index contributed by atoms with van der Waals surface area (Å²) in [6.45, 7) is 0.620. The highest BCUT2D eigenvalue weighted by molar-refractivity contribution is 5.93. The average molecular weight is 508 g/mol. The van der Waals surface area contributed by atoms with E-state index in [0.717, 1.165) is 53.4 Å². The van der Waals surface area contributed by atoms with Gasteiger partial charge in [0.15, 0.2) is 0 Å². The zero-order valence-electron chi connectivity index (χ0n) is 22.1. The van der Waals surface area contributed by atoms with Gasteiger partial charge in [0, 0.05) is 34.8 Å². The highest BCUT2D eigenvalue weighted by atomic mass is 19.1. The van der Waals surface area contributed by atoms with Gasteiger partial charge in [-0.3, -0.25) is 9.69 Å². The fraction of sp³-hybridized carbons (Fsp3) is 0.303. The van der Waals surface area contributed by atoms with Crippen LogP contribution in [0.5, 0.6) is 0 Å². The number of aromatic nitrogens is 1. The number of nitrogens with one attached hydrogen (secondary N) is 1. The van der Waals surface area contributed by atoms with Crippen molar-refractivity contribution in [1.82, 2.24) is 14.8 Å². The van der Waals surface area contributed by atoms with Crippen molar-refractivity contribution in [3.8, 4) is 0 Å². The van der Waals surface area contributed by atoms with Crippen molar-refractivity contribution in [2.75, 3.05) is 20.6 Å². The number of hydrogen-bond acceptors (Lipinski definition) is 2. The minimum absolute atomic E-state index is 0.0291. The van der Waals surface area contributed by atoms with Gasteiger partial charge in [0.25, 0.3) is 0 Å². The molecule has 0 saturated heterocycles. The number of H-pyrrole nitrogens is 1. The Bertz CT molecular complexity index is 1480. The van der Waals surface area contributed by atoms with E-state index in [9.17, 15) is 9.18 Å². The monoisotopic (exact) mass is 507 g/mol. The molecule has 5 heteroatoms. The second kappa shape index (κ2) is 9.55. The van der Waals surface area contributed by atoms with Gasteiger partial charge in [-0.2, -0.15) is 0 Å². The second-order valence-electron chi connectivity index (χ2n) is 11.0. The van der Waals surface area contributed by atoms with E-state index in [1.807, 2.05) is 42.5 Å². The first kappa shape index (κ1) is 24.6. The molecule has 1 saturated carbocycles. The zero-order chi connectivity index (χ0) is 26.3. The molecule has 1 spiro atoms. The fourth-order valence-corrected chi connectivity index (χ4v) is 6.93. The van der Waals surface area contributed by atoms with Crippen molar-refractivity contribution in [3.05, 3.63) is 113 Å². The van der Waals surface area contributed by atoms with Crippen LogP contribution in [0.25, 0.3) is 17.0 Å². The molecule has 3 aromatic carbocycles. The fourth-order valence-electron chi connectivity index (χ4n) is 6.93. The zero-order valence-corrected chi connectivity index (χ0v) is 22.1. The lowest BCUT2D eigenvalue weighted by molar-refractivity contribution is -0.137. The van der Waals surface area contributed by atoms with E-state index < -0.39 is 5.54 Å². The number of carbonyl (C=O) groups excluding carboxylic acids is 1. The molecule has 6 rings (SSSR count). The maximum atomic E-state index is 14.3. The molecule has 0 radical (unpaired) electrons. The van der Waals surface area contributed by atoms with Gasteiger partial charge in [-0.25, -0.2) is 4.39 Å². The SMILES string of the molecule is CN(C)C1(c2ccccc2)CCC2(CC1)c1[nH]c3ccc(F)cc3c1CCN2C(=O)/C=C/c1ccccc1. The van der Waals surface area contributed by atoms with Gasteiger partial charge < -0.3 is 9.88 Å². The lowest BCUT2D eigenvalue weighted by Crippen LogP contribution is -2.58.